The maximum Gasteiger partial charge on any atom is 0.227 e. The molecule has 0 saturated carbocycles. The smallest absolute Gasteiger partial charge is 0.227 e. The van der Waals surface area contributed by atoms with E-state index in [1.165, 1.54) is 6.20 Å². The van der Waals surface area contributed by atoms with E-state index in [1.54, 1.807) is 18.3 Å². The van der Waals surface area contributed by atoms with Crippen LogP contribution in [0.4, 0.5) is 0 Å². The molecule has 2 aromatic rings. The van der Waals surface area contributed by atoms with Crippen molar-refractivity contribution in [1.29, 1.82) is 0 Å². The average Bonchev–Trinajstić information content (AvgIpc) is 2.66. The summed E-state index contributed by atoms with van der Waals surface area (Å²) in [5, 5.41) is 0. The van der Waals surface area contributed by atoms with Gasteiger partial charge in [-0.1, -0.05) is 26.8 Å². The lowest BCUT2D eigenvalue weighted by atomic mass is 9.90. The van der Waals surface area contributed by atoms with Gasteiger partial charge in [-0.05, 0) is 25.0 Å². The van der Waals surface area contributed by atoms with E-state index in [0.717, 1.165) is 19.1 Å². The minimum atomic E-state index is -3.50. The molecule has 1 aliphatic rings. The maximum absolute atomic E-state index is 12.7. The molecular formula is C20H26N4O3S. The number of pyridine rings is 1. The molecule has 3 heterocycles. The van der Waals surface area contributed by atoms with E-state index in [-0.39, 0.29) is 16.7 Å². The number of likely N-dealkylation sites (tertiary alicyclic amines) is 1. The Morgan fingerprint density at radius 3 is 2.57 bits per heavy atom. The molecule has 1 aliphatic heterocycles. The fraction of sp³-hybridized carbons (Fsp3) is 0.500. The van der Waals surface area contributed by atoms with Crippen molar-refractivity contribution in [3.05, 3.63) is 36.3 Å². The van der Waals surface area contributed by atoms with Crippen molar-refractivity contribution in [2.24, 2.45) is 5.41 Å². The first-order valence-electron chi connectivity index (χ1n) is 9.35. The molecule has 150 valence electrons. The molecule has 2 aromatic heterocycles. The monoisotopic (exact) mass is 402 g/mol. The molecule has 1 saturated heterocycles. The van der Waals surface area contributed by atoms with Crippen molar-refractivity contribution in [3.8, 4) is 11.5 Å². The van der Waals surface area contributed by atoms with E-state index >= 15 is 0 Å². The second-order valence-corrected chi connectivity index (χ2v) is 10.3. The number of hydrogen-bond donors (Lipinski definition) is 0. The molecule has 28 heavy (non-hydrogen) atoms. The van der Waals surface area contributed by atoms with Gasteiger partial charge in [-0.25, -0.2) is 18.4 Å². The number of carbonyl (C=O) groups is 1. The van der Waals surface area contributed by atoms with Crippen LogP contribution in [0.25, 0.3) is 11.5 Å². The highest BCUT2D eigenvalue weighted by Crippen LogP contribution is 2.32. The fourth-order valence-corrected chi connectivity index (χ4v) is 4.28. The molecule has 1 unspecified atom stereocenters. The van der Waals surface area contributed by atoms with Gasteiger partial charge in [0, 0.05) is 43.1 Å². The summed E-state index contributed by atoms with van der Waals surface area (Å²) in [4.78, 5) is 27.8. The minimum absolute atomic E-state index is 0.0668. The molecule has 1 amide bonds. The SMILES string of the molecule is CC(C)(C)C(=O)N1CCCC(c2nc(-c3ccccn3)ncc2S(C)(=O)=O)C1. The average molecular weight is 403 g/mol. The van der Waals surface area contributed by atoms with Gasteiger partial charge in [-0.15, -0.1) is 0 Å². The standard InChI is InChI=1S/C20H26N4O3S/c1-20(2,3)19(25)24-11-7-8-14(13-24)17-16(28(4,26)27)12-22-18(23-17)15-9-5-6-10-21-15/h5-6,9-10,12,14H,7-8,11,13H2,1-4H3. The zero-order valence-electron chi connectivity index (χ0n) is 16.7. The molecule has 0 N–H and O–H groups in total. The number of amides is 1. The third kappa shape index (κ3) is 4.38. The molecule has 7 nitrogen and oxygen atoms in total. The van der Waals surface area contributed by atoms with E-state index in [0.29, 0.717) is 30.3 Å². The van der Waals surface area contributed by atoms with E-state index in [4.69, 9.17) is 0 Å². The van der Waals surface area contributed by atoms with E-state index < -0.39 is 15.3 Å². The lowest BCUT2D eigenvalue weighted by Gasteiger charge is -2.36. The summed E-state index contributed by atoms with van der Waals surface area (Å²) in [7, 11) is -3.50. The van der Waals surface area contributed by atoms with Crippen LogP contribution in [0, 0.1) is 5.41 Å². The molecule has 1 atom stereocenters. The number of rotatable bonds is 3. The summed E-state index contributed by atoms with van der Waals surface area (Å²) in [5.74, 6) is 0.301. The van der Waals surface area contributed by atoms with Crippen molar-refractivity contribution in [3.63, 3.8) is 0 Å². The first kappa shape index (κ1) is 20.4. The van der Waals surface area contributed by atoms with E-state index in [1.807, 2.05) is 31.7 Å². The number of carbonyl (C=O) groups excluding carboxylic acids is 1. The number of piperidine rings is 1. The molecule has 1 fully saturated rings. The van der Waals surface area contributed by atoms with Crippen LogP contribution in [0.5, 0.6) is 0 Å². The third-order valence-electron chi connectivity index (χ3n) is 4.81. The Morgan fingerprint density at radius 1 is 1.21 bits per heavy atom. The Balaban J connectivity index is 2.02. The largest absolute Gasteiger partial charge is 0.342 e. The van der Waals surface area contributed by atoms with Gasteiger partial charge in [0.05, 0.1) is 5.69 Å². The van der Waals surface area contributed by atoms with Crippen molar-refractivity contribution in [2.45, 2.75) is 44.4 Å². The van der Waals surface area contributed by atoms with Crippen LogP contribution < -0.4 is 0 Å². The van der Waals surface area contributed by atoms with Gasteiger partial charge in [0.25, 0.3) is 0 Å². The second-order valence-electron chi connectivity index (χ2n) is 8.27. The van der Waals surface area contributed by atoms with Crippen LogP contribution in [0.2, 0.25) is 0 Å². The van der Waals surface area contributed by atoms with Crippen LogP contribution >= 0.6 is 0 Å². The molecular weight excluding hydrogens is 376 g/mol. The molecule has 0 aromatic carbocycles. The summed E-state index contributed by atoms with van der Waals surface area (Å²) < 4.78 is 24.7. The highest BCUT2D eigenvalue weighted by atomic mass is 32.2. The van der Waals surface area contributed by atoms with Gasteiger partial charge in [-0.3, -0.25) is 9.78 Å². The normalized spacial score (nSPS) is 18.1. The predicted octanol–water partition coefficient (Wildman–Crippen LogP) is 2.69. The Labute approximate surface area is 166 Å². The number of nitrogens with zero attached hydrogens (tertiary/aromatic N) is 4. The molecule has 3 rings (SSSR count). The first-order valence-corrected chi connectivity index (χ1v) is 11.2. The Kier molecular flexibility index (Phi) is 5.52. The predicted molar refractivity (Wildman–Crippen MR) is 106 cm³/mol. The lowest BCUT2D eigenvalue weighted by molar-refractivity contribution is -0.140. The van der Waals surface area contributed by atoms with Crippen molar-refractivity contribution < 1.29 is 13.2 Å². The zero-order valence-corrected chi connectivity index (χ0v) is 17.5. The number of hydrogen-bond acceptors (Lipinski definition) is 6. The van der Waals surface area contributed by atoms with Crippen molar-refractivity contribution in [1.82, 2.24) is 19.9 Å². The van der Waals surface area contributed by atoms with Crippen LogP contribution in [0.3, 0.4) is 0 Å². The van der Waals surface area contributed by atoms with Crippen LogP contribution in [0.1, 0.15) is 45.2 Å². The minimum Gasteiger partial charge on any atom is -0.342 e. The quantitative estimate of drug-likeness (QED) is 0.784. The topological polar surface area (TPSA) is 93.1 Å². The summed E-state index contributed by atoms with van der Waals surface area (Å²) in [6, 6.07) is 5.42. The molecule has 8 heteroatoms. The van der Waals surface area contributed by atoms with Gasteiger partial charge in [0.2, 0.25) is 5.91 Å². The third-order valence-corrected chi connectivity index (χ3v) is 5.93. The summed E-state index contributed by atoms with van der Waals surface area (Å²) in [5.41, 5.74) is 0.582. The molecule has 0 spiro atoms. The van der Waals surface area contributed by atoms with Gasteiger partial charge < -0.3 is 4.90 Å². The summed E-state index contributed by atoms with van der Waals surface area (Å²) in [6.45, 7) is 6.82. The lowest BCUT2D eigenvalue weighted by Crippen LogP contribution is -2.45. The molecule has 0 radical (unpaired) electrons. The Hall–Kier alpha value is -2.35. The van der Waals surface area contributed by atoms with E-state index in [2.05, 4.69) is 15.0 Å². The van der Waals surface area contributed by atoms with Crippen molar-refractivity contribution in [2.75, 3.05) is 19.3 Å². The Bertz CT molecular complexity index is 969. The van der Waals surface area contributed by atoms with Gasteiger partial charge in [0.1, 0.15) is 10.6 Å². The van der Waals surface area contributed by atoms with Crippen LogP contribution in [-0.4, -0.2) is 53.5 Å². The second kappa shape index (κ2) is 7.58. The van der Waals surface area contributed by atoms with Crippen molar-refractivity contribution >= 4 is 15.7 Å². The maximum atomic E-state index is 12.7. The first-order chi connectivity index (χ1) is 13.1. The molecule has 0 bridgehead atoms. The molecule has 0 aliphatic carbocycles. The van der Waals surface area contributed by atoms with Crippen LogP contribution in [-0.2, 0) is 14.6 Å². The summed E-state index contributed by atoms with van der Waals surface area (Å²) >= 11 is 0. The zero-order chi connectivity index (χ0) is 20.5. The highest BCUT2D eigenvalue weighted by Gasteiger charge is 2.34. The van der Waals surface area contributed by atoms with E-state index in [9.17, 15) is 13.2 Å². The van der Waals surface area contributed by atoms with Crippen LogP contribution in [0.15, 0.2) is 35.5 Å². The summed E-state index contributed by atoms with van der Waals surface area (Å²) in [6.07, 6.45) is 5.75. The van der Waals surface area contributed by atoms with Gasteiger partial charge in [0.15, 0.2) is 15.7 Å². The van der Waals surface area contributed by atoms with Gasteiger partial charge >= 0.3 is 0 Å². The Morgan fingerprint density at radius 2 is 1.96 bits per heavy atom. The number of sulfone groups is 1. The highest BCUT2D eigenvalue weighted by molar-refractivity contribution is 7.90. The fourth-order valence-electron chi connectivity index (χ4n) is 3.44. The number of aromatic nitrogens is 3. The van der Waals surface area contributed by atoms with Gasteiger partial charge in [-0.2, -0.15) is 0 Å².